The van der Waals surface area contributed by atoms with Gasteiger partial charge in [-0.3, -0.25) is 4.98 Å². The number of hydrogen-bond acceptors (Lipinski definition) is 6. The molecule has 0 spiro atoms. The average Bonchev–Trinajstić information content (AvgIpc) is 2.29. The minimum Gasteiger partial charge on any atom is -0.491 e. The SMILES string of the molecule is CCS(=O)(=O)CCOc1cncc(B(O)O)c1. The van der Waals surface area contributed by atoms with E-state index in [-0.39, 0.29) is 23.6 Å². The van der Waals surface area contributed by atoms with Crippen molar-refractivity contribution >= 4 is 22.4 Å². The smallest absolute Gasteiger partial charge is 0.490 e. The fraction of sp³-hybridized carbons (Fsp3) is 0.444. The van der Waals surface area contributed by atoms with Gasteiger partial charge in [-0.2, -0.15) is 0 Å². The van der Waals surface area contributed by atoms with Crippen LogP contribution in [-0.2, 0) is 9.84 Å². The molecule has 0 aliphatic rings. The molecule has 1 aromatic heterocycles. The lowest BCUT2D eigenvalue weighted by atomic mass is 9.82. The number of hydrogen-bond donors (Lipinski definition) is 2. The zero-order valence-electron chi connectivity index (χ0n) is 9.41. The molecule has 1 heterocycles. The summed E-state index contributed by atoms with van der Waals surface area (Å²) in [5.74, 6) is 0.307. The van der Waals surface area contributed by atoms with E-state index in [0.29, 0.717) is 5.75 Å². The zero-order valence-corrected chi connectivity index (χ0v) is 10.2. The summed E-state index contributed by atoms with van der Waals surface area (Å²) in [6.45, 7) is 1.59. The minimum absolute atomic E-state index is 0.0167. The Labute approximate surface area is 100 Å². The van der Waals surface area contributed by atoms with Crippen molar-refractivity contribution in [1.29, 1.82) is 0 Å². The van der Waals surface area contributed by atoms with Gasteiger partial charge in [0.2, 0.25) is 0 Å². The van der Waals surface area contributed by atoms with Crippen molar-refractivity contribution in [2.75, 3.05) is 18.1 Å². The Morgan fingerprint density at radius 1 is 1.41 bits per heavy atom. The first-order chi connectivity index (χ1) is 7.94. The van der Waals surface area contributed by atoms with Crippen molar-refractivity contribution in [2.24, 2.45) is 0 Å². The predicted molar refractivity (Wildman–Crippen MR) is 63.9 cm³/mol. The Morgan fingerprint density at radius 2 is 2.12 bits per heavy atom. The molecule has 1 rings (SSSR count). The van der Waals surface area contributed by atoms with Crippen LogP contribution in [0.5, 0.6) is 5.75 Å². The fourth-order valence-corrected chi connectivity index (χ4v) is 1.71. The van der Waals surface area contributed by atoms with Gasteiger partial charge in [0.25, 0.3) is 0 Å². The molecule has 94 valence electrons. The number of rotatable bonds is 6. The van der Waals surface area contributed by atoms with E-state index in [2.05, 4.69) is 4.98 Å². The summed E-state index contributed by atoms with van der Waals surface area (Å²) in [6, 6.07) is 1.40. The molecule has 0 saturated heterocycles. The van der Waals surface area contributed by atoms with E-state index < -0.39 is 17.0 Å². The van der Waals surface area contributed by atoms with Gasteiger partial charge in [-0.25, -0.2) is 8.42 Å². The van der Waals surface area contributed by atoms with Gasteiger partial charge in [0.1, 0.15) is 12.4 Å². The third kappa shape index (κ3) is 4.72. The fourth-order valence-electron chi connectivity index (χ4n) is 1.09. The first kappa shape index (κ1) is 13.9. The first-order valence-corrected chi connectivity index (χ1v) is 6.91. The van der Waals surface area contributed by atoms with E-state index in [1.807, 2.05) is 0 Å². The number of aromatic nitrogens is 1. The van der Waals surface area contributed by atoms with Crippen molar-refractivity contribution in [3.05, 3.63) is 18.5 Å². The van der Waals surface area contributed by atoms with Gasteiger partial charge in [0, 0.05) is 17.4 Å². The highest BCUT2D eigenvalue weighted by Crippen LogP contribution is 2.05. The van der Waals surface area contributed by atoms with E-state index in [4.69, 9.17) is 14.8 Å². The molecule has 8 heteroatoms. The Balaban J connectivity index is 2.55. The van der Waals surface area contributed by atoms with Crippen LogP contribution in [0.4, 0.5) is 0 Å². The Hall–Kier alpha value is -1.12. The topological polar surface area (TPSA) is 96.7 Å². The molecule has 0 fully saturated rings. The average molecular weight is 259 g/mol. The third-order valence-electron chi connectivity index (χ3n) is 2.14. The van der Waals surface area contributed by atoms with E-state index in [0.717, 1.165) is 0 Å². The van der Waals surface area contributed by atoms with Crippen LogP contribution in [0.1, 0.15) is 6.92 Å². The van der Waals surface area contributed by atoms with Crippen LogP contribution < -0.4 is 10.2 Å². The largest absolute Gasteiger partial charge is 0.491 e. The molecule has 0 unspecified atom stereocenters. The molecule has 17 heavy (non-hydrogen) atoms. The van der Waals surface area contributed by atoms with Gasteiger partial charge in [0.15, 0.2) is 9.84 Å². The van der Waals surface area contributed by atoms with Crippen LogP contribution >= 0.6 is 0 Å². The van der Waals surface area contributed by atoms with Crippen LogP contribution in [-0.4, -0.2) is 48.7 Å². The molecule has 0 atom stereocenters. The highest BCUT2D eigenvalue weighted by atomic mass is 32.2. The van der Waals surface area contributed by atoms with Gasteiger partial charge in [-0.15, -0.1) is 0 Å². The quantitative estimate of drug-likeness (QED) is 0.608. The Morgan fingerprint density at radius 3 is 2.71 bits per heavy atom. The molecule has 2 N–H and O–H groups in total. The number of nitrogens with zero attached hydrogens (tertiary/aromatic N) is 1. The van der Waals surface area contributed by atoms with Crippen molar-refractivity contribution in [3.8, 4) is 5.75 Å². The van der Waals surface area contributed by atoms with Gasteiger partial charge >= 0.3 is 7.12 Å². The molecule has 6 nitrogen and oxygen atoms in total. The van der Waals surface area contributed by atoms with Crippen molar-refractivity contribution in [1.82, 2.24) is 4.98 Å². The maximum absolute atomic E-state index is 11.2. The van der Waals surface area contributed by atoms with Crippen LogP contribution in [0.25, 0.3) is 0 Å². The molecule has 0 radical (unpaired) electrons. The van der Waals surface area contributed by atoms with Gasteiger partial charge in [-0.1, -0.05) is 6.92 Å². The van der Waals surface area contributed by atoms with E-state index >= 15 is 0 Å². The predicted octanol–water partition coefficient (Wildman–Crippen LogP) is -1.43. The van der Waals surface area contributed by atoms with Crippen LogP contribution in [0, 0.1) is 0 Å². The summed E-state index contributed by atoms with van der Waals surface area (Å²) in [5.41, 5.74) is 0.195. The molecule has 0 saturated carbocycles. The van der Waals surface area contributed by atoms with E-state index in [1.54, 1.807) is 6.92 Å². The minimum atomic E-state index is -3.06. The van der Waals surface area contributed by atoms with E-state index in [1.165, 1.54) is 18.5 Å². The van der Waals surface area contributed by atoms with Gasteiger partial charge < -0.3 is 14.8 Å². The van der Waals surface area contributed by atoms with Crippen LogP contribution in [0.15, 0.2) is 18.5 Å². The molecule has 0 amide bonds. The molecule has 0 aliphatic heterocycles. The normalized spacial score (nSPS) is 11.2. The van der Waals surface area contributed by atoms with Crippen molar-refractivity contribution in [3.63, 3.8) is 0 Å². The van der Waals surface area contributed by atoms with Crippen LogP contribution in [0.2, 0.25) is 0 Å². The summed E-state index contributed by atoms with van der Waals surface area (Å²) < 4.78 is 27.5. The van der Waals surface area contributed by atoms with Gasteiger partial charge in [-0.05, 0) is 6.07 Å². The highest BCUT2D eigenvalue weighted by molar-refractivity contribution is 7.91. The number of ether oxygens (including phenoxy) is 1. The molecule has 1 aromatic rings. The number of pyridine rings is 1. The van der Waals surface area contributed by atoms with Crippen molar-refractivity contribution in [2.45, 2.75) is 6.92 Å². The standard InChI is InChI=1S/C9H14BNO5S/c1-2-17(14,15)4-3-16-9-5-8(10(12)13)6-11-7-9/h5-7,12-13H,2-4H2,1H3. The molecule has 0 aliphatic carbocycles. The summed E-state index contributed by atoms with van der Waals surface area (Å²) in [5, 5.41) is 17.8. The zero-order chi connectivity index (χ0) is 12.9. The lowest BCUT2D eigenvalue weighted by Gasteiger charge is -2.07. The molecular weight excluding hydrogens is 245 g/mol. The summed E-state index contributed by atoms with van der Waals surface area (Å²) in [6.07, 6.45) is 2.67. The monoisotopic (exact) mass is 259 g/mol. The Bertz CT molecular complexity index is 462. The lowest BCUT2D eigenvalue weighted by Crippen LogP contribution is -2.30. The van der Waals surface area contributed by atoms with Crippen molar-refractivity contribution < 1.29 is 23.2 Å². The third-order valence-corrected chi connectivity index (χ3v) is 3.80. The summed E-state index contributed by atoms with van der Waals surface area (Å²) in [4.78, 5) is 3.75. The van der Waals surface area contributed by atoms with E-state index in [9.17, 15) is 8.42 Å². The maximum atomic E-state index is 11.2. The van der Waals surface area contributed by atoms with Gasteiger partial charge in [0.05, 0.1) is 11.9 Å². The second kappa shape index (κ2) is 5.99. The Kier molecular flexibility index (Phi) is 4.92. The van der Waals surface area contributed by atoms with Crippen LogP contribution in [0.3, 0.4) is 0 Å². The first-order valence-electron chi connectivity index (χ1n) is 5.09. The summed E-state index contributed by atoms with van der Waals surface area (Å²) in [7, 11) is -4.68. The lowest BCUT2D eigenvalue weighted by molar-refractivity contribution is 0.339. The number of sulfone groups is 1. The molecular formula is C9H14BNO5S. The highest BCUT2D eigenvalue weighted by Gasteiger charge is 2.12. The maximum Gasteiger partial charge on any atom is 0.490 e. The molecule has 0 bridgehead atoms. The molecule has 0 aromatic carbocycles. The second-order valence-electron chi connectivity index (χ2n) is 3.41. The summed E-state index contributed by atoms with van der Waals surface area (Å²) >= 11 is 0. The second-order valence-corrected chi connectivity index (χ2v) is 5.89.